The molecule has 0 spiro atoms. The van der Waals surface area contributed by atoms with E-state index >= 15 is 0 Å². The molecule has 0 aliphatic carbocycles. The minimum absolute atomic E-state index is 0.488. The van der Waals surface area contributed by atoms with Gasteiger partial charge in [0.25, 0.3) is 0 Å². The normalized spacial score (nSPS) is 15.6. The molecular weight excluding hydrogens is 322 g/mol. The van der Waals surface area contributed by atoms with Crippen molar-refractivity contribution in [2.45, 2.75) is 26.4 Å². The zero-order valence-corrected chi connectivity index (χ0v) is 14.6. The van der Waals surface area contributed by atoms with E-state index in [9.17, 15) is 0 Å². The Hall–Kier alpha value is -2.11. The van der Waals surface area contributed by atoms with Crippen LogP contribution in [0.1, 0.15) is 23.0 Å². The maximum Gasteiger partial charge on any atom is 0.0776 e. The molecule has 6 heteroatoms. The van der Waals surface area contributed by atoms with Crippen LogP contribution in [-0.4, -0.2) is 37.6 Å². The molecule has 0 bridgehead atoms. The van der Waals surface area contributed by atoms with Crippen LogP contribution in [0.3, 0.4) is 0 Å². The Morgan fingerprint density at radius 1 is 1.21 bits per heavy atom. The fraction of sp³-hybridized carbons (Fsp3) is 0.333. The van der Waals surface area contributed by atoms with Crippen molar-refractivity contribution in [2.75, 3.05) is 13.1 Å². The molecule has 24 heavy (non-hydrogen) atoms. The molecule has 1 saturated heterocycles. The van der Waals surface area contributed by atoms with Crippen molar-refractivity contribution in [3.8, 4) is 5.69 Å². The summed E-state index contributed by atoms with van der Waals surface area (Å²) in [7, 11) is 0. The number of aryl methyl sites for hydroxylation is 2. The Labute approximate surface area is 146 Å². The second-order valence-electron chi connectivity index (χ2n) is 6.49. The molecule has 3 heterocycles. The van der Waals surface area contributed by atoms with Crippen LogP contribution in [0.2, 0.25) is 5.02 Å². The van der Waals surface area contributed by atoms with Gasteiger partial charge in [-0.1, -0.05) is 17.7 Å². The van der Waals surface area contributed by atoms with Crippen LogP contribution in [0.4, 0.5) is 0 Å². The van der Waals surface area contributed by atoms with Crippen molar-refractivity contribution in [3.63, 3.8) is 0 Å². The molecule has 2 aromatic heterocycles. The van der Waals surface area contributed by atoms with E-state index in [2.05, 4.69) is 39.0 Å². The molecule has 0 radical (unpaired) electrons. The van der Waals surface area contributed by atoms with E-state index < -0.39 is 0 Å². The van der Waals surface area contributed by atoms with E-state index in [4.69, 9.17) is 11.6 Å². The van der Waals surface area contributed by atoms with E-state index in [1.54, 1.807) is 0 Å². The van der Waals surface area contributed by atoms with Crippen LogP contribution >= 0.6 is 11.6 Å². The van der Waals surface area contributed by atoms with Gasteiger partial charge in [-0.25, -0.2) is 4.68 Å². The predicted octanol–water partition coefficient (Wildman–Crippen LogP) is 3.40. The maximum absolute atomic E-state index is 6.05. The highest BCUT2D eigenvalue weighted by atomic mass is 35.5. The lowest BCUT2D eigenvalue weighted by molar-refractivity contribution is 0.0893. The first-order valence-corrected chi connectivity index (χ1v) is 8.51. The zero-order valence-electron chi connectivity index (χ0n) is 13.9. The van der Waals surface area contributed by atoms with Gasteiger partial charge in [0.1, 0.15) is 0 Å². The highest BCUT2D eigenvalue weighted by Crippen LogP contribution is 2.24. The van der Waals surface area contributed by atoms with Crippen molar-refractivity contribution >= 4 is 11.6 Å². The second kappa shape index (κ2) is 6.07. The topological polar surface area (TPSA) is 38.9 Å². The van der Waals surface area contributed by atoms with E-state index in [-0.39, 0.29) is 0 Å². The number of nitrogens with zero attached hydrogens (tertiary/aromatic N) is 5. The van der Waals surface area contributed by atoms with E-state index in [1.807, 2.05) is 42.1 Å². The van der Waals surface area contributed by atoms with Crippen LogP contribution < -0.4 is 0 Å². The van der Waals surface area contributed by atoms with Crippen LogP contribution in [0.15, 0.2) is 42.7 Å². The molecule has 1 fully saturated rings. The lowest BCUT2D eigenvalue weighted by atomic mass is 10.1. The molecule has 124 valence electrons. The van der Waals surface area contributed by atoms with Gasteiger partial charge in [0.2, 0.25) is 0 Å². The smallest absolute Gasteiger partial charge is 0.0776 e. The van der Waals surface area contributed by atoms with Gasteiger partial charge >= 0.3 is 0 Å². The molecule has 1 aliphatic heterocycles. The Kier molecular flexibility index (Phi) is 3.90. The summed E-state index contributed by atoms with van der Waals surface area (Å²) < 4.78 is 4.03. The second-order valence-corrected chi connectivity index (χ2v) is 6.93. The molecule has 0 unspecified atom stereocenters. The minimum atomic E-state index is 0.488. The van der Waals surface area contributed by atoms with Crippen LogP contribution in [0, 0.1) is 13.8 Å². The third-order valence-corrected chi connectivity index (χ3v) is 4.68. The Morgan fingerprint density at radius 3 is 2.75 bits per heavy atom. The summed E-state index contributed by atoms with van der Waals surface area (Å²) in [5, 5.41) is 9.76. The van der Waals surface area contributed by atoms with Crippen molar-refractivity contribution in [2.24, 2.45) is 0 Å². The fourth-order valence-corrected chi connectivity index (χ4v) is 3.49. The number of benzene rings is 1. The Morgan fingerprint density at radius 2 is 2.04 bits per heavy atom. The number of hydrogen-bond donors (Lipinski definition) is 0. The lowest BCUT2D eigenvalue weighted by Crippen LogP contribution is -2.47. The first-order valence-electron chi connectivity index (χ1n) is 8.13. The molecule has 4 rings (SSSR count). The van der Waals surface area contributed by atoms with Crippen molar-refractivity contribution < 1.29 is 0 Å². The zero-order chi connectivity index (χ0) is 16.7. The summed E-state index contributed by atoms with van der Waals surface area (Å²) in [5.41, 5.74) is 4.53. The largest absolute Gasteiger partial charge is 0.295 e. The minimum Gasteiger partial charge on any atom is -0.295 e. The summed E-state index contributed by atoms with van der Waals surface area (Å²) in [6.07, 6.45) is 4.00. The maximum atomic E-state index is 6.05. The summed E-state index contributed by atoms with van der Waals surface area (Å²) >= 11 is 6.05. The number of halogens is 1. The van der Waals surface area contributed by atoms with Gasteiger partial charge in [-0.15, -0.1) is 0 Å². The van der Waals surface area contributed by atoms with Gasteiger partial charge in [0.05, 0.1) is 23.6 Å². The molecule has 0 atom stereocenters. The molecule has 3 aromatic rings. The van der Waals surface area contributed by atoms with Crippen LogP contribution in [0.5, 0.6) is 0 Å². The molecule has 0 N–H and O–H groups in total. The van der Waals surface area contributed by atoms with E-state index in [0.717, 1.165) is 36.0 Å². The van der Waals surface area contributed by atoms with E-state index in [0.29, 0.717) is 6.04 Å². The van der Waals surface area contributed by atoms with Crippen LogP contribution in [-0.2, 0) is 6.54 Å². The third kappa shape index (κ3) is 2.97. The van der Waals surface area contributed by atoms with Crippen molar-refractivity contribution in [1.82, 2.24) is 24.5 Å². The summed E-state index contributed by atoms with van der Waals surface area (Å²) in [6, 6.07) is 10.4. The highest BCUT2D eigenvalue weighted by Gasteiger charge is 2.29. The van der Waals surface area contributed by atoms with Crippen molar-refractivity contribution in [3.05, 3.63) is 64.7 Å². The molecule has 0 saturated carbocycles. The SMILES string of the molecule is Cc1cc(C)n(C2CN(Cc3cnn(-c4cccc(Cl)c4)c3)C2)n1. The van der Waals surface area contributed by atoms with Crippen molar-refractivity contribution in [1.29, 1.82) is 0 Å². The quantitative estimate of drug-likeness (QED) is 0.730. The van der Waals surface area contributed by atoms with Gasteiger partial charge in [0.15, 0.2) is 0 Å². The summed E-state index contributed by atoms with van der Waals surface area (Å²) in [5.74, 6) is 0. The summed E-state index contributed by atoms with van der Waals surface area (Å²) in [4.78, 5) is 2.42. The molecule has 1 aliphatic rings. The first kappa shape index (κ1) is 15.4. The predicted molar refractivity (Wildman–Crippen MR) is 94.6 cm³/mol. The van der Waals surface area contributed by atoms with Gasteiger partial charge in [-0.2, -0.15) is 10.2 Å². The molecule has 1 aromatic carbocycles. The van der Waals surface area contributed by atoms with Gasteiger partial charge in [-0.05, 0) is 38.1 Å². The monoisotopic (exact) mass is 341 g/mol. The van der Waals surface area contributed by atoms with E-state index in [1.165, 1.54) is 11.3 Å². The molecule has 5 nitrogen and oxygen atoms in total. The molecular formula is C18H20ClN5. The average Bonchev–Trinajstić information content (AvgIpc) is 3.09. The Balaban J connectivity index is 1.39. The van der Waals surface area contributed by atoms with Gasteiger partial charge < -0.3 is 0 Å². The number of hydrogen-bond acceptors (Lipinski definition) is 3. The molecule has 0 amide bonds. The number of aromatic nitrogens is 4. The highest BCUT2D eigenvalue weighted by molar-refractivity contribution is 6.30. The van der Waals surface area contributed by atoms with Gasteiger partial charge in [0, 0.05) is 42.1 Å². The standard InChI is InChI=1S/C18H20ClN5/c1-13-6-14(2)24(21-13)18-11-22(12-18)9-15-8-20-23(10-15)17-5-3-4-16(19)7-17/h3-8,10,18H,9,11-12H2,1-2H3. The third-order valence-electron chi connectivity index (χ3n) is 4.44. The Bertz CT molecular complexity index is 860. The average molecular weight is 342 g/mol. The number of likely N-dealkylation sites (tertiary alicyclic amines) is 1. The van der Waals surface area contributed by atoms with Crippen LogP contribution in [0.25, 0.3) is 5.69 Å². The van der Waals surface area contributed by atoms with Gasteiger partial charge in [-0.3, -0.25) is 9.58 Å². The first-order chi connectivity index (χ1) is 11.6. The number of rotatable bonds is 4. The lowest BCUT2D eigenvalue weighted by Gasteiger charge is -2.39. The fourth-order valence-electron chi connectivity index (χ4n) is 3.30. The summed E-state index contributed by atoms with van der Waals surface area (Å²) in [6.45, 7) is 7.15.